The van der Waals surface area contributed by atoms with Crippen molar-refractivity contribution >= 4 is 130 Å². The van der Waals surface area contributed by atoms with E-state index in [-0.39, 0.29) is 21.7 Å². The lowest BCUT2D eigenvalue weighted by molar-refractivity contribution is 0.660. The number of benzene rings is 16. The van der Waals surface area contributed by atoms with Gasteiger partial charge in [-0.15, -0.1) is 0 Å². The van der Waals surface area contributed by atoms with Gasteiger partial charge in [0.25, 0.3) is 0 Å². The quantitative estimate of drug-likeness (QED) is 0.176. The van der Waals surface area contributed by atoms with Gasteiger partial charge in [0.2, 0.25) is 0 Å². The molecule has 8 aromatic heterocycles. The number of hydrogen-bond donors (Lipinski definition) is 0. The molecule has 8 nitrogen and oxygen atoms in total. The van der Waals surface area contributed by atoms with Gasteiger partial charge in [0.1, 0.15) is 0 Å². The van der Waals surface area contributed by atoms with Crippen molar-refractivity contribution in [2.45, 2.75) is 77.0 Å². The van der Waals surface area contributed by atoms with E-state index in [1.54, 1.807) is 0 Å². The number of pyridine rings is 4. The number of fused-ring (bicyclic) bond motifs is 31. The minimum Gasteiger partial charge on any atom is -0.309 e. The molecule has 608 valence electrons. The third-order valence-corrected chi connectivity index (χ3v) is 29.0. The number of rotatable bonds is 4. The maximum absolute atomic E-state index is 4.29. The predicted octanol–water partition coefficient (Wildman–Crippen LogP) is 30.6. The topological polar surface area (TPSA) is 71.3 Å². The van der Waals surface area contributed by atoms with Crippen molar-refractivity contribution in [3.05, 3.63) is 434 Å². The van der Waals surface area contributed by atoms with Crippen molar-refractivity contribution in [1.82, 2.24) is 38.2 Å². The fourth-order valence-corrected chi connectivity index (χ4v) is 22.9. The number of para-hydroxylation sites is 4. The Kier molecular flexibility index (Phi) is 16.4. The minimum atomic E-state index is -0.0462. The van der Waals surface area contributed by atoms with E-state index in [9.17, 15) is 0 Å². The summed E-state index contributed by atoms with van der Waals surface area (Å²) in [5, 5.41) is 20.0. The molecule has 4 aliphatic rings. The molecule has 0 spiro atoms. The highest BCUT2D eigenvalue weighted by Gasteiger charge is 2.42. The van der Waals surface area contributed by atoms with Crippen molar-refractivity contribution in [2.75, 3.05) is 0 Å². The summed E-state index contributed by atoms with van der Waals surface area (Å²) in [6.45, 7) is 18.8. The summed E-state index contributed by atoms with van der Waals surface area (Å²) in [5.41, 5.74) is 37.0. The molecule has 8 heteroatoms. The molecular weight excluding hydrogens is 1550 g/mol. The van der Waals surface area contributed by atoms with Crippen LogP contribution < -0.4 is 0 Å². The molecule has 0 radical (unpaired) electrons. The zero-order valence-corrected chi connectivity index (χ0v) is 72.5. The molecule has 8 heterocycles. The van der Waals surface area contributed by atoms with E-state index in [0.717, 1.165) is 21.5 Å². The van der Waals surface area contributed by atoms with Gasteiger partial charge in [0.15, 0.2) is 0 Å². The maximum Gasteiger partial charge on any atom is 0.0622 e. The summed E-state index contributed by atoms with van der Waals surface area (Å²) in [4.78, 5) is 17.1. The van der Waals surface area contributed by atoms with Crippen LogP contribution in [0.3, 0.4) is 0 Å². The number of nitrogens with zero attached hydrogens (tertiary/aromatic N) is 8. The van der Waals surface area contributed by atoms with E-state index in [1.807, 2.05) is 49.6 Å². The monoisotopic (exact) mass is 1640 g/mol. The first kappa shape index (κ1) is 74.9. The van der Waals surface area contributed by atoms with Gasteiger partial charge in [0.05, 0.1) is 44.1 Å². The molecule has 0 fully saturated rings. The second kappa shape index (κ2) is 27.9. The number of hydrogen-bond acceptors (Lipinski definition) is 4. The predicted molar refractivity (Wildman–Crippen MR) is 535 cm³/mol. The summed E-state index contributed by atoms with van der Waals surface area (Å²) < 4.78 is 9.72. The zero-order valence-electron chi connectivity index (χ0n) is 72.5. The lowest BCUT2D eigenvalue weighted by Crippen LogP contribution is -2.15. The van der Waals surface area contributed by atoms with Crippen LogP contribution in [0.25, 0.3) is 198 Å². The Bertz CT molecular complexity index is 8740. The van der Waals surface area contributed by atoms with Gasteiger partial charge in [-0.1, -0.05) is 274 Å². The van der Waals surface area contributed by atoms with E-state index in [0.29, 0.717) is 0 Å². The Balaban J connectivity index is 0.0000000926. The van der Waals surface area contributed by atoms with Crippen molar-refractivity contribution in [3.63, 3.8) is 0 Å². The fraction of sp³-hybridized carbons (Fsp3) is 0.100. The molecule has 28 rings (SSSR count). The number of aromatic nitrogens is 8. The van der Waals surface area contributed by atoms with E-state index in [2.05, 4.69) is 433 Å². The molecule has 0 unspecified atom stereocenters. The molecule has 128 heavy (non-hydrogen) atoms. The fourth-order valence-electron chi connectivity index (χ4n) is 22.9. The Morgan fingerprint density at radius 3 is 1.05 bits per heavy atom. The van der Waals surface area contributed by atoms with Crippen molar-refractivity contribution in [3.8, 4) is 67.3 Å². The molecule has 4 aliphatic carbocycles. The van der Waals surface area contributed by atoms with Gasteiger partial charge in [-0.05, 0) is 226 Å². The summed E-state index contributed by atoms with van der Waals surface area (Å²) in [6.07, 6.45) is 15.2. The first-order chi connectivity index (χ1) is 62.6. The molecule has 0 aliphatic heterocycles. The van der Waals surface area contributed by atoms with E-state index in [4.69, 9.17) is 0 Å². The van der Waals surface area contributed by atoms with Crippen LogP contribution in [-0.2, 0) is 21.7 Å². The molecule has 0 saturated carbocycles. The van der Waals surface area contributed by atoms with Gasteiger partial charge in [-0.25, -0.2) is 0 Å². The van der Waals surface area contributed by atoms with Crippen molar-refractivity contribution in [2.24, 2.45) is 0 Å². The Labute approximate surface area is 741 Å². The largest absolute Gasteiger partial charge is 0.309 e. The van der Waals surface area contributed by atoms with Crippen LogP contribution >= 0.6 is 0 Å². The Hall–Kier alpha value is -15.6. The average Bonchev–Trinajstić information content (AvgIpc) is 1.86. The van der Waals surface area contributed by atoms with Gasteiger partial charge in [-0.3, -0.25) is 19.9 Å². The van der Waals surface area contributed by atoms with Crippen LogP contribution in [0, 0.1) is 0 Å². The SMILES string of the molecule is CC1(C)c2ccccc2-c2c1ccc1c2c2ccccc2n1-c1ccc2cnccc2c1.CC1(C)c2ccccc2-c2c1ccc1c3ccccc3n(-c3ccc4cnccc4c3)c21.CC1(C)c2ccccc2-c2cc3c4ccccc4n(-c4ccc5cnccc5c4)c3cc21.CC1(C)c2ccccc2-c2ccc3c(c21)c1ccccc1n3-c1ccc2cnccc2c1. The van der Waals surface area contributed by atoms with Gasteiger partial charge in [-0.2, -0.15) is 0 Å². The Morgan fingerprint density at radius 1 is 0.195 bits per heavy atom. The van der Waals surface area contributed by atoms with Crippen LogP contribution in [0.1, 0.15) is 99.9 Å². The van der Waals surface area contributed by atoms with E-state index < -0.39 is 0 Å². The normalized spacial score (nSPS) is 14.2. The molecule has 0 amide bonds. The van der Waals surface area contributed by atoms with Crippen molar-refractivity contribution < 1.29 is 0 Å². The average molecular weight is 1640 g/mol. The summed E-state index contributed by atoms with van der Waals surface area (Å²) in [7, 11) is 0. The van der Waals surface area contributed by atoms with Crippen LogP contribution in [0.2, 0.25) is 0 Å². The van der Waals surface area contributed by atoms with Crippen LogP contribution in [0.15, 0.2) is 389 Å². The third-order valence-electron chi connectivity index (χ3n) is 29.0. The lowest BCUT2D eigenvalue weighted by atomic mass is 9.80. The van der Waals surface area contributed by atoms with Gasteiger partial charge >= 0.3 is 0 Å². The standard InChI is InChI=1S/4C30H22N2/c1-30(2)25-9-5-3-8-24(25)28-26(30)14-13-23-22-7-4-6-10-27(22)32(29(23)28)21-12-11-20-18-31-16-15-19(20)17-21;1-30(2)26-9-5-3-7-22(26)24-16-25-23-8-4-6-10-28(23)32(29(25)17-27(24)30)21-12-11-20-18-31-14-13-19(20)15-21;1-30(2)25-9-5-3-7-22(25)23-13-14-27-28(29(23)30)24-8-4-6-10-26(24)32(27)21-12-11-20-18-31-16-15-19(20)17-21;1-30(2)24-9-5-3-7-22(24)28-25(30)13-14-27-29(28)23-8-4-6-10-26(23)32(27)21-12-11-20-18-31-16-15-19(20)17-21/h4*3-18H,1-2H3. The summed E-state index contributed by atoms with van der Waals surface area (Å²) in [5.74, 6) is 0. The molecule has 24 aromatic rings. The zero-order chi connectivity index (χ0) is 85.8. The van der Waals surface area contributed by atoms with Gasteiger partial charge in [0, 0.05) is 164 Å². The molecule has 0 atom stereocenters. The van der Waals surface area contributed by atoms with E-state index >= 15 is 0 Å². The van der Waals surface area contributed by atoms with Crippen LogP contribution in [-0.4, -0.2) is 38.2 Å². The lowest BCUT2D eigenvalue weighted by Gasteiger charge is -2.22. The second-order valence-corrected chi connectivity index (χ2v) is 37.3. The highest BCUT2D eigenvalue weighted by Crippen LogP contribution is 2.58. The first-order valence-electron chi connectivity index (χ1n) is 44.6. The highest BCUT2D eigenvalue weighted by molar-refractivity contribution is 6.20. The molecule has 16 aromatic carbocycles. The van der Waals surface area contributed by atoms with E-state index in [1.165, 1.54) is 221 Å². The molecular formula is C120H88N8. The molecule has 0 N–H and O–H groups in total. The third kappa shape index (κ3) is 10.9. The smallest absolute Gasteiger partial charge is 0.0622 e. The van der Waals surface area contributed by atoms with Crippen LogP contribution in [0.5, 0.6) is 0 Å². The van der Waals surface area contributed by atoms with Crippen LogP contribution in [0.4, 0.5) is 0 Å². The summed E-state index contributed by atoms with van der Waals surface area (Å²) >= 11 is 0. The van der Waals surface area contributed by atoms with Gasteiger partial charge < -0.3 is 18.3 Å². The van der Waals surface area contributed by atoms with Crippen molar-refractivity contribution in [1.29, 1.82) is 0 Å². The maximum atomic E-state index is 4.29. The first-order valence-corrected chi connectivity index (χ1v) is 44.6. The minimum absolute atomic E-state index is 0.000725. The molecule has 0 bridgehead atoms. The summed E-state index contributed by atoms with van der Waals surface area (Å²) in [6, 6.07) is 125. The molecule has 0 saturated heterocycles. The Morgan fingerprint density at radius 2 is 0.547 bits per heavy atom. The highest BCUT2D eigenvalue weighted by atomic mass is 15.0. The second-order valence-electron chi connectivity index (χ2n) is 37.3.